The summed E-state index contributed by atoms with van der Waals surface area (Å²) in [5.41, 5.74) is -0.111. The van der Waals surface area contributed by atoms with E-state index in [2.05, 4.69) is 15.3 Å². The molecule has 110 valence electrons. The van der Waals surface area contributed by atoms with Gasteiger partial charge in [0.2, 0.25) is 5.82 Å². The lowest BCUT2D eigenvalue weighted by Crippen LogP contribution is -2.05. The molecule has 2 aromatic rings. The molecule has 0 spiro atoms. The molecule has 2 rings (SSSR count). The Morgan fingerprint density at radius 1 is 1.33 bits per heavy atom. The van der Waals surface area contributed by atoms with E-state index in [0.717, 1.165) is 10.6 Å². The van der Waals surface area contributed by atoms with Crippen molar-refractivity contribution in [3.05, 3.63) is 40.7 Å². The molecule has 0 saturated carbocycles. The topological polar surface area (TPSA) is 90.2 Å². The maximum absolute atomic E-state index is 11.3. The van der Waals surface area contributed by atoms with Crippen LogP contribution in [0.4, 0.5) is 11.5 Å². The lowest BCUT2D eigenvalue weighted by Gasteiger charge is -2.07. The Kier molecular flexibility index (Phi) is 4.94. The zero-order valence-electron chi connectivity index (χ0n) is 11.6. The lowest BCUT2D eigenvalue weighted by atomic mass is 10.3. The van der Waals surface area contributed by atoms with Gasteiger partial charge in [-0.05, 0) is 31.2 Å². The van der Waals surface area contributed by atoms with E-state index in [-0.39, 0.29) is 11.5 Å². The zero-order chi connectivity index (χ0) is 15.2. The highest BCUT2D eigenvalue weighted by molar-refractivity contribution is 7.99. The van der Waals surface area contributed by atoms with Crippen molar-refractivity contribution < 1.29 is 9.66 Å². The number of aromatic nitrogens is 2. The lowest BCUT2D eigenvalue weighted by molar-refractivity contribution is -0.387. The highest BCUT2D eigenvalue weighted by Crippen LogP contribution is 2.36. The summed E-state index contributed by atoms with van der Waals surface area (Å²) in [6.07, 6.45) is 1.32. The second-order valence-corrected chi connectivity index (χ2v) is 5.00. The van der Waals surface area contributed by atoms with Gasteiger partial charge in [0.1, 0.15) is 12.1 Å². The fraction of sp³-hybridized carbons (Fsp3) is 0.231. The van der Waals surface area contributed by atoms with E-state index in [1.807, 2.05) is 19.1 Å². The Morgan fingerprint density at radius 2 is 2.05 bits per heavy atom. The van der Waals surface area contributed by atoms with Crippen LogP contribution in [0, 0.1) is 10.1 Å². The quantitative estimate of drug-likeness (QED) is 0.498. The molecule has 1 aromatic carbocycles. The highest BCUT2D eigenvalue weighted by Gasteiger charge is 2.23. The molecule has 0 aliphatic rings. The number of nitrogens with zero attached hydrogens (tertiary/aromatic N) is 3. The largest absolute Gasteiger partial charge is 0.497 e. The summed E-state index contributed by atoms with van der Waals surface area (Å²) >= 11 is 1.21. The SMILES string of the molecule is CCNc1ncnc(Sc2ccc(OC)cc2)c1[N+](=O)[O-]. The average Bonchev–Trinajstić information content (AvgIpc) is 2.48. The van der Waals surface area contributed by atoms with Crippen LogP contribution in [0.25, 0.3) is 0 Å². The van der Waals surface area contributed by atoms with Gasteiger partial charge in [-0.25, -0.2) is 9.97 Å². The number of benzene rings is 1. The number of ether oxygens (including phenoxy) is 1. The Balaban J connectivity index is 2.33. The van der Waals surface area contributed by atoms with Gasteiger partial charge in [-0.15, -0.1) is 0 Å². The van der Waals surface area contributed by atoms with E-state index in [0.29, 0.717) is 11.6 Å². The van der Waals surface area contributed by atoms with E-state index >= 15 is 0 Å². The minimum Gasteiger partial charge on any atom is -0.497 e. The summed E-state index contributed by atoms with van der Waals surface area (Å²) in [5, 5.41) is 14.4. The third-order valence-electron chi connectivity index (χ3n) is 2.59. The fourth-order valence-corrected chi connectivity index (χ4v) is 2.52. The van der Waals surface area contributed by atoms with E-state index < -0.39 is 4.92 Å². The normalized spacial score (nSPS) is 10.2. The van der Waals surface area contributed by atoms with Crippen LogP contribution >= 0.6 is 11.8 Å². The minimum absolute atomic E-state index is 0.111. The van der Waals surface area contributed by atoms with Gasteiger partial charge < -0.3 is 10.1 Å². The molecular weight excluding hydrogens is 292 g/mol. The Hall–Kier alpha value is -2.35. The van der Waals surface area contributed by atoms with Crippen LogP contribution in [0.1, 0.15) is 6.92 Å². The zero-order valence-corrected chi connectivity index (χ0v) is 12.4. The van der Waals surface area contributed by atoms with Gasteiger partial charge in [-0.3, -0.25) is 10.1 Å². The molecule has 1 aromatic heterocycles. The first kappa shape index (κ1) is 15.0. The number of nitro groups is 1. The molecule has 0 amide bonds. The van der Waals surface area contributed by atoms with Crippen molar-refractivity contribution in [3.8, 4) is 5.75 Å². The molecule has 0 fully saturated rings. The molecule has 0 saturated heterocycles. The van der Waals surface area contributed by atoms with Crippen molar-refractivity contribution >= 4 is 23.3 Å². The summed E-state index contributed by atoms with van der Waals surface area (Å²) in [4.78, 5) is 19.6. The molecule has 0 bridgehead atoms. The van der Waals surface area contributed by atoms with Gasteiger partial charge in [-0.2, -0.15) is 0 Å². The standard InChI is InChI=1S/C13H14N4O3S/c1-3-14-12-11(17(18)19)13(16-8-15-12)21-10-6-4-9(20-2)5-7-10/h4-8H,3H2,1-2H3,(H,14,15,16). The second kappa shape index (κ2) is 6.89. The van der Waals surface area contributed by atoms with Crippen LogP contribution in [0.5, 0.6) is 5.75 Å². The minimum atomic E-state index is -0.468. The van der Waals surface area contributed by atoms with Gasteiger partial charge in [-0.1, -0.05) is 11.8 Å². The molecule has 0 radical (unpaired) electrons. The van der Waals surface area contributed by atoms with Gasteiger partial charge in [0.25, 0.3) is 0 Å². The van der Waals surface area contributed by atoms with Crippen molar-refractivity contribution in [2.75, 3.05) is 19.0 Å². The number of hydrogen-bond acceptors (Lipinski definition) is 7. The first-order valence-corrected chi connectivity index (χ1v) is 7.02. The fourth-order valence-electron chi connectivity index (χ4n) is 1.65. The second-order valence-electron chi connectivity index (χ2n) is 3.94. The maximum atomic E-state index is 11.3. The Morgan fingerprint density at radius 3 is 2.62 bits per heavy atom. The first-order valence-electron chi connectivity index (χ1n) is 6.21. The van der Waals surface area contributed by atoms with Gasteiger partial charge in [0.05, 0.1) is 12.0 Å². The third kappa shape index (κ3) is 3.60. The third-order valence-corrected chi connectivity index (χ3v) is 3.59. The molecule has 1 heterocycles. The summed E-state index contributed by atoms with van der Waals surface area (Å²) in [7, 11) is 1.58. The summed E-state index contributed by atoms with van der Waals surface area (Å²) in [6.45, 7) is 2.40. The van der Waals surface area contributed by atoms with Crippen molar-refractivity contribution in [3.63, 3.8) is 0 Å². The molecule has 7 nitrogen and oxygen atoms in total. The first-order chi connectivity index (χ1) is 10.2. The van der Waals surface area contributed by atoms with E-state index in [9.17, 15) is 10.1 Å². The van der Waals surface area contributed by atoms with E-state index in [1.54, 1.807) is 19.2 Å². The maximum Gasteiger partial charge on any atom is 0.343 e. The van der Waals surface area contributed by atoms with Crippen LogP contribution in [-0.4, -0.2) is 28.5 Å². The van der Waals surface area contributed by atoms with Gasteiger partial charge in [0, 0.05) is 11.4 Å². The number of hydrogen-bond donors (Lipinski definition) is 1. The molecule has 0 unspecified atom stereocenters. The van der Waals surface area contributed by atoms with Crippen molar-refractivity contribution in [1.29, 1.82) is 0 Å². The number of anilines is 1. The van der Waals surface area contributed by atoms with Crippen LogP contribution in [0.15, 0.2) is 40.5 Å². The van der Waals surface area contributed by atoms with E-state index in [1.165, 1.54) is 18.1 Å². The Labute approximate surface area is 125 Å². The predicted molar refractivity (Wildman–Crippen MR) is 80.0 cm³/mol. The van der Waals surface area contributed by atoms with E-state index in [4.69, 9.17) is 4.74 Å². The van der Waals surface area contributed by atoms with Gasteiger partial charge >= 0.3 is 5.69 Å². The van der Waals surface area contributed by atoms with Crippen LogP contribution < -0.4 is 10.1 Å². The summed E-state index contributed by atoms with van der Waals surface area (Å²) < 4.78 is 5.08. The molecular formula is C13H14N4O3S. The highest BCUT2D eigenvalue weighted by atomic mass is 32.2. The average molecular weight is 306 g/mol. The summed E-state index contributed by atoms with van der Waals surface area (Å²) in [6, 6.07) is 7.23. The number of rotatable bonds is 6. The molecule has 1 N–H and O–H groups in total. The number of nitrogens with one attached hydrogen (secondary N) is 1. The van der Waals surface area contributed by atoms with Crippen LogP contribution in [-0.2, 0) is 0 Å². The molecule has 21 heavy (non-hydrogen) atoms. The monoisotopic (exact) mass is 306 g/mol. The van der Waals surface area contributed by atoms with Crippen molar-refractivity contribution in [2.24, 2.45) is 0 Å². The van der Waals surface area contributed by atoms with Gasteiger partial charge in [0.15, 0.2) is 5.03 Å². The van der Waals surface area contributed by atoms with Crippen molar-refractivity contribution in [1.82, 2.24) is 9.97 Å². The smallest absolute Gasteiger partial charge is 0.343 e. The number of methoxy groups -OCH3 is 1. The molecule has 8 heteroatoms. The molecule has 0 atom stereocenters. The van der Waals surface area contributed by atoms with Crippen LogP contribution in [0.2, 0.25) is 0 Å². The van der Waals surface area contributed by atoms with Crippen LogP contribution in [0.3, 0.4) is 0 Å². The molecule has 0 aliphatic heterocycles. The Bertz CT molecular complexity index is 634. The summed E-state index contributed by atoms with van der Waals surface area (Å²) in [5.74, 6) is 0.957. The predicted octanol–water partition coefficient (Wildman–Crippen LogP) is 2.98. The van der Waals surface area contributed by atoms with Crippen molar-refractivity contribution in [2.45, 2.75) is 16.8 Å². The molecule has 0 aliphatic carbocycles.